The van der Waals surface area contributed by atoms with Crippen LogP contribution in [0.15, 0.2) is 54.6 Å². The zero-order valence-electron chi connectivity index (χ0n) is 13.6. The van der Waals surface area contributed by atoms with Crippen LogP contribution < -0.4 is 9.92 Å². The smallest absolute Gasteiger partial charge is 0.119 e. The summed E-state index contributed by atoms with van der Waals surface area (Å²) in [6.45, 7) is 3.53. The van der Waals surface area contributed by atoms with Crippen molar-refractivity contribution in [3.8, 4) is 5.75 Å². The van der Waals surface area contributed by atoms with Gasteiger partial charge in [-0.1, -0.05) is 48.5 Å². The maximum Gasteiger partial charge on any atom is 0.119 e. The Morgan fingerprint density at radius 2 is 1.96 bits per heavy atom. The summed E-state index contributed by atoms with van der Waals surface area (Å²) < 4.78 is 7.86. The van der Waals surface area contributed by atoms with E-state index in [1.807, 2.05) is 0 Å². The van der Waals surface area contributed by atoms with Crippen LogP contribution in [0.5, 0.6) is 5.75 Å². The van der Waals surface area contributed by atoms with Crippen LogP contribution in [-0.4, -0.2) is 21.2 Å². The zero-order valence-corrected chi connectivity index (χ0v) is 14.6. The van der Waals surface area contributed by atoms with Crippen LogP contribution in [-0.2, 0) is 6.54 Å². The van der Waals surface area contributed by atoms with E-state index in [0.29, 0.717) is 5.92 Å². The number of rotatable bonds is 4. The molecule has 0 N–H and O–H groups in total. The first-order valence-electron chi connectivity index (χ1n) is 8.22. The number of benzene rings is 2. The normalized spacial score (nSPS) is 19.9. The molecule has 0 saturated heterocycles. The number of aromatic nitrogens is 1. The van der Waals surface area contributed by atoms with Gasteiger partial charge in [0.1, 0.15) is 5.75 Å². The molecule has 2 radical (unpaired) electrons. The Morgan fingerprint density at radius 3 is 2.74 bits per heavy atom. The van der Waals surface area contributed by atoms with Gasteiger partial charge in [0.2, 0.25) is 0 Å². The van der Waals surface area contributed by atoms with Gasteiger partial charge < -0.3 is 9.30 Å². The largest absolute Gasteiger partial charge is 0.497 e. The fourth-order valence-corrected chi connectivity index (χ4v) is 5.07. The summed E-state index contributed by atoms with van der Waals surface area (Å²) >= 11 is 0. The molecule has 2 atom stereocenters. The lowest BCUT2D eigenvalue weighted by atomic mass is 9.96. The topological polar surface area (TPSA) is 14.2 Å². The van der Waals surface area contributed by atoms with E-state index in [1.54, 1.807) is 7.11 Å². The highest BCUT2D eigenvalue weighted by molar-refractivity contribution is 6.53. The molecule has 0 saturated carbocycles. The van der Waals surface area contributed by atoms with Crippen molar-refractivity contribution in [1.29, 1.82) is 0 Å². The van der Waals surface area contributed by atoms with Crippen molar-refractivity contribution in [1.82, 2.24) is 4.57 Å². The molecule has 116 valence electrons. The van der Waals surface area contributed by atoms with Gasteiger partial charge in [0.25, 0.3) is 0 Å². The maximum atomic E-state index is 5.35. The molecular weight excluding hydrogens is 298 g/mol. The van der Waals surface area contributed by atoms with E-state index in [-0.39, 0.29) is 0 Å². The van der Waals surface area contributed by atoms with Crippen molar-refractivity contribution in [3.05, 3.63) is 60.3 Å². The van der Waals surface area contributed by atoms with E-state index in [9.17, 15) is 0 Å². The summed E-state index contributed by atoms with van der Waals surface area (Å²) in [5, 5.41) is 2.78. The van der Waals surface area contributed by atoms with Crippen LogP contribution in [0.4, 0.5) is 0 Å². The summed E-state index contributed by atoms with van der Waals surface area (Å²) in [6, 6.07) is 20.9. The van der Waals surface area contributed by atoms with Gasteiger partial charge in [-0.15, -0.1) is 0 Å². The van der Waals surface area contributed by atoms with E-state index in [4.69, 9.17) is 4.74 Å². The molecule has 1 aromatic heterocycles. The molecule has 0 unspecified atom stereocenters. The van der Waals surface area contributed by atoms with Crippen molar-refractivity contribution >= 4 is 25.6 Å². The lowest BCUT2D eigenvalue weighted by Crippen LogP contribution is -2.18. The predicted molar refractivity (Wildman–Crippen MR) is 97.0 cm³/mol. The minimum Gasteiger partial charge on any atom is -0.497 e. The summed E-state index contributed by atoms with van der Waals surface area (Å²) in [5.74, 6) is 2.32. The van der Waals surface area contributed by atoms with Crippen LogP contribution in [0.1, 0.15) is 18.5 Å². The minimum absolute atomic E-state index is 0.629. The maximum absolute atomic E-state index is 5.35. The SMILES string of the molecule is COc1ccc2c(c1)cc1n2C[C@@H](C[Si]c2ccccc2)[C@@H]1C. The van der Waals surface area contributed by atoms with Gasteiger partial charge in [0, 0.05) is 29.1 Å². The minimum atomic E-state index is 0.629. The quantitative estimate of drug-likeness (QED) is 0.667. The van der Waals surface area contributed by atoms with Crippen molar-refractivity contribution in [2.24, 2.45) is 5.92 Å². The molecular formula is C20H21NOSi. The van der Waals surface area contributed by atoms with Crippen molar-refractivity contribution in [2.75, 3.05) is 7.11 Å². The predicted octanol–water partition coefficient (Wildman–Crippen LogP) is 3.83. The molecule has 3 aromatic rings. The number of hydrogen-bond acceptors (Lipinski definition) is 1. The third-order valence-corrected chi connectivity index (χ3v) is 6.54. The first-order valence-corrected chi connectivity index (χ1v) is 9.43. The van der Waals surface area contributed by atoms with Crippen molar-refractivity contribution < 1.29 is 4.74 Å². The second-order valence-electron chi connectivity index (χ2n) is 6.40. The van der Waals surface area contributed by atoms with E-state index in [0.717, 1.165) is 27.7 Å². The standard InChI is InChI=1S/C20H21NOSi/c1-14-16(13-23-18-6-4-3-5-7-18)12-21-19-9-8-17(22-2)10-15(19)11-20(14)21/h3-11,14,16H,12-13H2,1-2H3/t14-,16-/m0/s1. The van der Waals surface area contributed by atoms with Gasteiger partial charge in [-0.05, 0) is 30.2 Å². The van der Waals surface area contributed by atoms with Crippen LogP contribution >= 0.6 is 0 Å². The second-order valence-corrected chi connectivity index (χ2v) is 7.74. The Labute approximate surface area is 139 Å². The first-order chi connectivity index (χ1) is 11.3. The van der Waals surface area contributed by atoms with Gasteiger partial charge in [-0.3, -0.25) is 0 Å². The Balaban J connectivity index is 1.55. The Kier molecular flexibility index (Phi) is 3.74. The number of nitrogens with zero attached hydrogens (tertiary/aromatic N) is 1. The Morgan fingerprint density at radius 1 is 1.13 bits per heavy atom. The fourth-order valence-electron chi connectivity index (χ4n) is 3.66. The Bertz CT molecular complexity index is 824. The molecule has 2 aromatic carbocycles. The number of methoxy groups -OCH3 is 1. The molecule has 0 spiro atoms. The van der Waals surface area contributed by atoms with Crippen LogP contribution in [0, 0.1) is 5.92 Å². The van der Waals surface area contributed by atoms with Crippen LogP contribution in [0.3, 0.4) is 0 Å². The number of ether oxygens (including phenoxy) is 1. The molecule has 23 heavy (non-hydrogen) atoms. The third kappa shape index (κ3) is 2.59. The Hall–Kier alpha value is -2.00. The highest BCUT2D eigenvalue weighted by Crippen LogP contribution is 2.40. The number of hydrogen-bond donors (Lipinski definition) is 0. The van der Waals surface area contributed by atoms with Gasteiger partial charge >= 0.3 is 0 Å². The first kappa shape index (κ1) is 14.6. The summed E-state index contributed by atoms with van der Waals surface area (Å²) in [7, 11) is 2.64. The molecule has 4 rings (SSSR count). The van der Waals surface area contributed by atoms with Crippen LogP contribution in [0.25, 0.3) is 10.9 Å². The van der Waals surface area contributed by atoms with E-state index < -0.39 is 0 Å². The lowest BCUT2D eigenvalue weighted by molar-refractivity contribution is 0.415. The molecule has 0 aliphatic carbocycles. The van der Waals surface area contributed by atoms with E-state index in [2.05, 4.69) is 66.1 Å². The molecule has 2 nitrogen and oxygen atoms in total. The van der Waals surface area contributed by atoms with Gasteiger partial charge in [-0.25, -0.2) is 0 Å². The summed E-state index contributed by atoms with van der Waals surface area (Å²) in [4.78, 5) is 0. The highest BCUT2D eigenvalue weighted by atomic mass is 28.2. The lowest BCUT2D eigenvalue weighted by Gasteiger charge is -2.14. The molecule has 0 amide bonds. The van der Waals surface area contributed by atoms with Gasteiger partial charge in [-0.2, -0.15) is 0 Å². The zero-order chi connectivity index (χ0) is 15.8. The summed E-state index contributed by atoms with van der Waals surface area (Å²) in [6.07, 6.45) is 0. The monoisotopic (exact) mass is 319 g/mol. The van der Waals surface area contributed by atoms with Crippen molar-refractivity contribution in [3.63, 3.8) is 0 Å². The average molecular weight is 319 g/mol. The third-order valence-electron chi connectivity index (χ3n) is 5.07. The second kappa shape index (κ2) is 5.89. The van der Waals surface area contributed by atoms with Crippen molar-refractivity contribution in [2.45, 2.75) is 25.4 Å². The fraction of sp³-hybridized carbons (Fsp3) is 0.300. The van der Waals surface area contributed by atoms with E-state index >= 15 is 0 Å². The summed E-state index contributed by atoms with van der Waals surface area (Å²) in [5.41, 5.74) is 2.83. The molecule has 0 bridgehead atoms. The molecule has 1 aliphatic rings. The highest BCUT2D eigenvalue weighted by Gasteiger charge is 2.30. The molecule has 0 fully saturated rings. The van der Waals surface area contributed by atoms with Gasteiger partial charge in [0.15, 0.2) is 0 Å². The molecule has 1 aliphatic heterocycles. The molecule has 3 heteroatoms. The average Bonchev–Trinajstić information content (AvgIpc) is 3.10. The molecule has 2 heterocycles. The van der Waals surface area contributed by atoms with E-state index in [1.165, 1.54) is 27.8 Å². The van der Waals surface area contributed by atoms with Gasteiger partial charge in [0.05, 0.1) is 16.6 Å². The number of fused-ring (bicyclic) bond motifs is 3. The van der Waals surface area contributed by atoms with Crippen LogP contribution in [0.2, 0.25) is 6.04 Å².